The number of benzene rings is 3. The number of methoxy groups -OCH3 is 1. The third-order valence-corrected chi connectivity index (χ3v) is 5.51. The smallest absolute Gasteiger partial charge is 0.343 e. The van der Waals surface area contributed by atoms with Crippen LogP contribution in [0.3, 0.4) is 0 Å². The highest BCUT2D eigenvalue weighted by Gasteiger charge is 2.21. The number of nitrogens with zero attached hydrogens (tertiary/aromatic N) is 1. The van der Waals surface area contributed by atoms with E-state index in [2.05, 4.69) is 46.3 Å². The molecule has 0 atom stereocenters. The Morgan fingerprint density at radius 2 is 1.58 bits per heavy atom. The number of carbonyl (C=O) groups excluding carboxylic acids is 1. The highest BCUT2D eigenvalue weighted by molar-refractivity contribution is 5.70. The first-order valence-corrected chi connectivity index (χ1v) is 11.1. The molecule has 0 bridgehead atoms. The summed E-state index contributed by atoms with van der Waals surface area (Å²) in [6.07, 6.45) is 2.61. The molecule has 0 aliphatic heterocycles. The molecule has 5 heteroatoms. The van der Waals surface area contributed by atoms with Crippen molar-refractivity contribution in [3.63, 3.8) is 0 Å². The number of rotatable bonds is 10. The van der Waals surface area contributed by atoms with Crippen molar-refractivity contribution in [1.82, 2.24) is 5.16 Å². The average molecular weight is 442 g/mol. The predicted molar refractivity (Wildman–Crippen MR) is 126 cm³/mol. The highest BCUT2D eigenvalue weighted by Crippen LogP contribution is 2.32. The quantitative estimate of drug-likeness (QED) is 0.301. The van der Waals surface area contributed by atoms with Crippen LogP contribution in [0, 0.1) is 0 Å². The minimum atomic E-state index is -0.397. The van der Waals surface area contributed by atoms with E-state index >= 15 is 0 Å². The van der Waals surface area contributed by atoms with Crippen molar-refractivity contribution in [2.24, 2.45) is 0 Å². The molecule has 3 aromatic carbocycles. The maximum absolute atomic E-state index is 11.3. The Hall–Kier alpha value is -3.86. The predicted octanol–water partition coefficient (Wildman–Crippen LogP) is 5.58. The number of esters is 1. The first-order chi connectivity index (χ1) is 16.2. The van der Waals surface area contributed by atoms with E-state index in [0.29, 0.717) is 5.75 Å². The van der Waals surface area contributed by atoms with Gasteiger partial charge in [0, 0.05) is 6.07 Å². The maximum Gasteiger partial charge on any atom is 0.343 e. The van der Waals surface area contributed by atoms with Gasteiger partial charge in [-0.1, -0.05) is 78.0 Å². The van der Waals surface area contributed by atoms with Crippen LogP contribution in [0.5, 0.6) is 5.75 Å². The van der Waals surface area contributed by atoms with Gasteiger partial charge in [0.25, 0.3) is 0 Å². The third-order valence-electron chi connectivity index (χ3n) is 5.51. The summed E-state index contributed by atoms with van der Waals surface area (Å²) in [7, 11) is 1.35. The number of hydrogen-bond donors (Lipinski definition) is 0. The van der Waals surface area contributed by atoms with Gasteiger partial charge in [-0.15, -0.1) is 0 Å². The van der Waals surface area contributed by atoms with Gasteiger partial charge in [-0.2, -0.15) is 0 Å². The van der Waals surface area contributed by atoms with Gasteiger partial charge >= 0.3 is 5.97 Å². The molecule has 4 rings (SSSR count). The van der Waals surface area contributed by atoms with Gasteiger partial charge < -0.3 is 14.0 Å². The van der Waals surface area contributed by atoms with Crippen LogP contribution in [0.2, 0.25) is 0 Å². The molecular formula is C28H27NO4. The van der Waals surface area contributed by atoms with Gasteiger partial charge in [-0.3, -0.25) is 0 Å². The zero-order valence-electron chi connectivity index (χ0n) is 18.6. The molecule has 0 aliphatic carbocycles. The Morgan fingerprint density at radius 3 is 2.24 bits per heavy atom. The Morgan fingerprint density at radius 1 is 0.879 bits per heavy atom. The SMILES string of the molecule is COC(=O)COc1cccc(CCCc2cc(C(c3ccccc3)c3ccccc3)on2)c1. The van der Waals surface area contributed by atoms with E-state index in [4.69, 9.17) is 9.26 Å². The van der Waals surface area contributed by atoms with Gasteiger partial charge in [0.1, 0.15) is 11.5 Å². The van der Waals surface area contributed by atoms with Crippen LogP contribution in [-0.4, -0.2) is 24.8 Å². The fourth-order valence-electron chi connectivity index (χ4n) is 3.86. The number of aromatic nitrogens is 1. The molecule has 0 N–H and O–H groups in total. The van der Waals surface area contributed by atoms with Crippen LogP contribution < -0.4 is 4.74 Å². The van der Waals surface area contributed by atoms with E-state index in [1.807, 2.05) is 54.6 Å². The van der Waals surface area contributed by atoms with E-state index < -0.39 is 5.97 Å². The molecule has 1 heterocycles. The van der Waals surface area contributed by atoms with Crippen LogP contribution in [-0.2, 0) is 22.4 Å². The normalized spacial score (nSPS) is 10.8. The van der Waals surface area contributed by atoms with E-state index in [-0.39, 0.29) is 12.5 Å². The van der Waals surface area contributed by atoms with Crippen LogP contribution >= 0.6 is 0 Å². The maximum atomic E-state index is 11.3. The average Bonchev–Trinajstić information content (AvgIpc) is 3.32. The van der Waals surface area contributed by atoms with Gasteiger partial charge in [-0.25, -0.2) is 4.79 Å². The Kier molecular flexibility index (Phi) is 7.54. The molecule has 0 saturated carbocycles. The lowest BCUT2D eigenvalue weighted by Crippen LogP contribution is -2.12. The van der Waals surface area contributed by atoms with Crippen molar-refractivity contribution in [3.05, 3.63) is 119 Å². The number of hydrogen-bond acceptors (Lipinski definition) is 5. The van der Waals surface area contributed by atoms with Crippen LogP contribution in [0.4, 0.5) is 0 Å². The molecule has 4 aromatic rings. The minimum absolute atomic E-state index is 0.0114. The Bertz CT molecular complexity index is 1120. The zero-order valence-corrected chi connectivity index (χ0v) is 18.6. The molecule has 0 spiro atoms. The second-order valence-electron chi connectivity index (χ2n) is 7.84. The second-order valence-corrected chi connectivity index (χ2v) is 7.84. The van der Waals surface area contributed by atoms with Gasteiger partial charge in [0.15, 0.2) is 6.61 Å². The van der Waals surface area contributed by atoms with Crippen LogP contribution in [0.15, 0.2) is 95.5 Å². The largest absolute Gasteiger partial charge is 0.482 e. The van der Waals surface area contributed by atoms with E-state index in [1.165, 1.54) is 18.2 Å². The minimum Gasteiger partial charge on any atom is -0.482 e. The Balaban J connectivity index is 1.40. The van der Waals surface area contributed by atoms with Crippen molar-refractivity contribution >= 4 is 5.97 Å². The lowest BCUT2D eigenvalue weighted by molar-refractivity contribution is -0.142. The lowest BCUT2D eigenvalue weighted by Gasteiger charge is -2.14. The molecule has 0 amide bonds. The lowest BCUT2D eigenvalue weighted by atomic mass is 9.89. The first-order valence-electron chi connectivity index (χ1n) is 11.1. The van der Waals surface area contributed by atoms with Crippen LogP contribution in [0.1, 0.15) is 40.5 Å². The highest BCUT2D eigenvalue weighted by atomic mass is 16.6. The molecule has 0 saturated heterocycles. The van der Waals surface area contributed by atoms with Gasteiger partial charge in [-0.05, 0) is 48.1 Å². The fourth-order valence-corrected chi connectivity index (χ4v) is 3.86. The van der Waals surface area contributed by atoms with E-state index in [9.17, 15) is 4.79 Å². The van der Waals surface area contributed by atoms with Crippen molar-refractivity contribution in [2.45, 2.75) is 25.2 Å². The van der Waals surface area contributed by atoms with Gasteiger partial charge in [0.2, 0.25) is 0 Å². The van der Waals surface area contributed by atoms with Crippen molar-refractivity contribution in [2.75, 3.05) is 13.7 Å². The molecule has 0 radical (unpaired) electrons. The first kappa shape index (κ1) is 22.3. The van der Waals surface area contributed by atoms with Gasteiger partial charge in [0.05, 0.1) is 18.7 Å². The summed E-state index contributed by atoms with van der Waals surface area (Å²) in [5.41, 5.74) is 4.44. The second kappa shape index (κ2) is 11.1. The monoisotopic (exact) mass is 441 g/mol. The van der Waals surface area contributed by atoms with Crippen LogP contribution in [0.25, 0.3) is 0 Å². The third kappa shape index (κ3) is 6.10. The van der Waals surface area contributed by atoms with Crippen molar-refractivity contribution < 1.29 is 18.8 Å². The summed E-state index contributed by atoms with van der Waals surface area (Å²) in [5.74, 6) is 1.12. The summed E-state index contributed by atoms with van der Waals surface area (Å²) < 4.78 is 15.9. The summed E-state index contributed by atoms with van der Waals surface area (Å²) in [5, 5.41) is 4.34. The Labute approximate surface area is 194 Å². The molecule has 33 heavy (non-hydrogen) atoms. The molecule has 0 aliphatic rings. The number of aryl methyl sites for hydroxylation is 2. The topological polar surface area (TPSA) is 61.6 Å². The zero-order chi connectivity index (χ0) is 22.9. The number of ether oxygens (including phenoxy) is 2. The number of carbonyl (C=O) groups is 1. The summed E-state index contributed by atoms with van der Waals surface area (Å²) in [6.45, 7) is -0.0916. The summed E-state index contributed by atoms with van der Waals surface area (Å²) in [4.78, 5) is 11.3. The standard InChI is InChI=1S/C28H27NO4/c1-31-27(30)20-32-25-17-9-11-21(18-25)10-8-16-24-19-26(33-29-24)28(22-12-4-2-5-13-22)23-14-6-3-7-15-23/h2-7,9,11-15,17-19,28H,8,10,16,20H2,1H3. The molecule has 5 nitrogen and oxygen atoms in total. The molecule has 0 fully saturated rings. The van der Waals surface area contributed by atoms with E-state index in [0.717, 1.165) is 36.3 Å². The summed E-state index contributed by atoms with van der Waals surface area (Å²) >= 11 is 0. The fraction of sp³-hybridized carbons (Fsp3) is 0.214. The molecule has 0 unspecified atom stereocenters. The van der Waals surface area contributed by atoms with E-state index in [1.54, 1.807) is 0 Å². The summed E-state index contributed by atoms with van der Waals surface area (Å²) in [6, 6.07) is 30.6. The van der Waals surface area contributed by atoms with Crippen molar-refractivity contribution in [1.29, 1.82) is 0 Å². The molecular weight excluding hydrogens is 414 g/mol. The van der Waals surface area contributed by atoms with Crippen molar-refractivity contribution in [3.8, 4) is 5.75 Å². The molecule has 1 aromatic heterocycles. The molecule has 168 valence electrons.